The van der Waals surface area contributed by atoms with Crippen LogP contribution >= 0.6 is 0 Å². The summed E-state index contributed by atoms with van der Waals surface area (Å²) in [4.78, 5) is 29.4. The van der Waals surface area contributed by atoms with Gasteiger partial charge in [0.2, 0.25) is 5.91 Å². The van der Waals surface area contributed by atoms with Crippen LogP contribution in [0.4, 0.5) is 0 Å². The van der Waals surface area contributed by atoms with Crippen LogP contribution in [0.1, 0.15) is 13.3 Å². The third kappa shape index (κ3) is 4.01. The Morgan fingerprint density at radius 3 is 2.50 bits per heavy atom. The van der Waals surface area contributed by atoms with Crippen LogP contribution in [-0.4, -0.2) is 60.1 Å². The van der Waals surface area contributed by atoms with Crippen molar-refractivity contribution in [1.82, 2.24) is 9.80 Å². The van der Waals surface area contributed by atoms with Crippen LogP contribution in [0.25, 0.3) is 0 Å². The molecule has 0 saturated carbocycles. The summed E-state index contributed by atoms with van der Waals surface area (Å²) < 4.78 is 0. The molecule has 16 heavy (non-hydrogen) atoms. The van der Waals surface area contributed by atoms with Crippen molar-refractivity contribution in [2.45, 2.75) is 13.3 Å². The molecule has 1 fully saturated rings. The van der Waals surface area contributed by atoms with Crippen LogP contribution in [0.5, 0.6) is 0 Å². The van der Waals surface area contributed by atoms with Gasteiger partial charge in [0.05, 0.1) is 0 Å². The zero-order valence-electron chi connectivity index (χ0n) is 9.42. The molecule has 92 valence electrons. The molecule has 7 nitrogen and oxygen atoms in total. The lowest BCUT2D eigenvalue weighted by atomic mass is 10.3. The summed E-state index contributed by atoms with van der Waals surface area (Å²) >= 11 is 0. The Morgan fingerprint density at radius 1 is 1.38 bits per heavy atom. The standard InChI is InChI=1S/C9H17N3O4/c1-2-9(13)11-5-3-10(4-6-11)7-8-16-12(14)15/h2-8H2,1H3. The van der Waals surface area contributed by atoms with E-state index in [0.717, 1.165) is 13.1 Å². The van der Waals surface area contributed by atoms with Crippen LogP contribution in [0.2, 0.25) is 0 Å². The van der Waals surface area contributed by atoms with Crippen LogP contribution in [0, 0.1) is 10.1 Å². The highest BCUT2D eigenvalue weighted by Crippen LogP contribution is 2.03. The molecule has 0 N–H and O–H groups in total. The second-order valence-electron chi connectivity index (χ2n) is 3.63. The van der Waals surface area contributed by atoms with Gasteiger partial charge in [0.25, 0.3) is 5.09 Å². The van der Waals surface area contributed by atoms with Gasteiger partial charge in [-0.1, -0.05) is 6.92 Å². The van der Waals surface area contributed by atoms with E-state index >= 15 is 0 Å². The highest BCUT2D eigenvalue weighted by Gasteiger charge is 2.19. The first-order valence-electron chi connectivity index (χ1n) is 5.41. The lowest BCUT2D eigenvalue weighted by Gasteiger charge is -2.34. The first-order chi connectivity index (χ1) is 7.63. The van der Waals surface area contributed by atoms with Crippen molar-refractivity contribution in [3.05, 3.63) is 10.1 Å². The molecular formula is C9H17N3O4. The second kappa shape index (κ2) is 6.26. The molecule has 1 saturated heterocycles. The maximum absolute atomic E-state index is 11.4. The van der Waals surface area contributed by atoms with Gasteiger partial charge in [0.15, 0.2) is 0 Å². The van der Waals surface area contributed by atoms with Crippen molar-refractivity contribution in [2.24, 2.45) is 0 Å². The van der Waals surface area contributed by atoms with E-state index in [1.54, 1.807) is 0 Å². The molecule has 0 spiro atoms. The number of hydrogen-bond donors (Lipinski definition) is 0. The number of piperazine rings is 1. The molecule has 1 amide bonds. The van der Waals surface area contributed by atoms with Crippen molar-refractivity contribution in [3.63, 3.8) is 0 Å². The highest BCUT2D eigenvalue weighted by atomic mass is 16.9. The van der Waals surface area contributed by atoms with E-state index in [2.05, 4.69) is 9.74 Å². The third-order valence-electron chi connectivity index (χ3n) is 2.63. The molecule has 0 unspecified atom stereocenters. The largest absolute Gasteiger partial charge is 0.340 e. The summed E-state index contributed by atoms with van der Waals surface area (Å²) in [7, 11) is 0. The van der Waals surface area contributed by atoms with E-state index in [9.17, 15) is 14.9 Å². The van der Waals surface area contributed by atoms with Crippen molar-refractivity contribution in [2.75, 3.05) is 39.3 Å². The smallest absolute Gasteiger partial charge is 0.294 e. The summed E-state index contributed by atoms with van der Waals surface area (Å²) in [6.07, 6.45) is 0.532. The molecule has 0 aliphatic carbocycles. The van der Waals surface area contributed by atoms with Crippen molar-refractivity contribution in [1.29, 1.82) is 0 Å². The normalized spacial score (nSPS) is 17.2. The lowest BCUT2D eigenvalue weighted by Crippen LogP contribution is -2.49. The van der Waals surface area contributed by atoms with Gasteiger partial charge in [-0.3, -0.25) is 9.69 Å². The summed E-state index contributed by atoms with van der Waals surface area (Å²) in [6.45, 7) is 5.39. The van der Waals surface area contributed by atoms with E-state index in [0.29, 0.717) is 26.1 Å². The van der Waals surface area contributed by atoms with Crippen molar-refractivity contribution >= 4 is 5.91 Å². The van der Waals surface area contributed by atoms with Gasteiger partial charge in [0, 0.05) is 39.1 Å². The zero-order valence-corrected chi connectivity index (χ0v) is 9.42. The van der Waals surface area contributed by atoms with E-state index in [-0.39, 0.29) is 12.5 Å². The first kappa shape index (κ1) is 12.7. The minimum absolute atomic E-state index is 0.0920. The quantitative estimate of drug-likeness (QED) is 0.481. The van der Waals surface area contributed by atoms with Gasteiger partial charge in [-0.25, -0.2) is 0 Å². The first-order valence-corrected chi connectivity index (χ1v) is 5.41. The Morgan fingerprint density at radius 2 is 2.00 bits per heavy atom. The minimum Gasteiger partial charge on any atom is -0.340 e. The molecule has 0 aromatic heterocycles. The molecular weight excluding hydrogens is 214 g/mol. The predicted octanol–water partition coefficient (Wildman–Crippen LogP) is -0.251. The van der Waals surface area contributed by atoms with Gasteiger partial charge in [-0.05, 0) is 0 Å². The monoisotopic (exact) mass is 231 g/mol. The number of hydrogen-bond acceptors (Lipinski definition) is 5. The fourth-order valence-electron chi connectivity index (χ4n) is 1.69. The van der Waals surface area contributed by atoms with Crippen molar-refractivity contribution < 1.29 is 14.7 Å². The Bertz CT molecular complexity index is 251. The molecule has 0 radical (unpaired) electrons. The SMILES string of the molecule is CCC(=O)N1CCN(CCO[N+](=O)[O-])CC1. The maximum Gasteiger partial charge on any atom is 0.294 e. The Balaban J connectivity index is 2.17. The molecule has 1 rings (SSSR count). The number of rotatable bonds is 5. The van der Waals surface area contributed by atoms with E-state index in [1.807, 2.05) is 11.8 Å². The number of carbonyl (C=O) groups excluding carboxylic acids is 1. The van der Waals surface area contributed by atoms with Crippen LogP contribution in [-0.2, 0) is 9.63 Å². The summed E-state index contributed by atoms with van der Waals surface area (Å²) in [5, 5.41) is 9.15. The van der Waals surface area contributed by atoms with Crippen LogP contribution in [0.3, 0.4) is 0 Å². The molecule has 0 aromatic rings. The minimum atomic E-state index is -0.781. The zero-order chi connectivity index (χ0) is 12.0. The molecule has 1 aliphatic rings. The third-order valence-corrected chi connectivity index (χ3v) is 2.63. The molecule has 0 bridgehead atoms. The Hall–Kier alpha value is -1.37. The van der Waals surface area contributed by atoms with Gasteiger partial charge >= 0.3 is 0 Å². The van der Waals surface area contributed by atoms with E-state index in [1.165, 1.54) is 0 Å². The van der Waals surface area contributed by atoms with Crippen molar-refractivity contribution in [3.8, 4) is 0 Å². The maximum atomic E-state index is 11.4. The molecule has 1 aliphatic heterocycles. The summed E-state index contributed by atoms with van der Waals surface area (Å²) in [6, 6.07) is 0. The van der Waals surface area contributed by atoms with Gasteiger partial charge < -0.3 is 9.74 Å². The Labute approximate surface area is 94.1 Å². The van der Waals surface area contributed by atoms with Crippen LogP contribution in [0.15, 0.2) is 0 Å². The number of carbonyl (C=O) groups is 1. The van der Waals surface area contributed by atoms with Gasteiger partial charge in [-0.2, -0.15) is 0 Å². The second-order valence-corrected chi connectivity index (χ2v) is 3.63. The van der Waals surface area contributed by atoms with Crippen LogP contribution < -0.4 is 0 Å². The fraction of sp³-hybridized carbons (Fsp3) is 0.889. The topological polar surface area (TPSA) is 75.9 Å². The average molecular weight is 231 g/mol. The van der Waals surface area contributed by atoms with E-state index in [4.69, 9.17) is 0 Å². The van der Waals surface area contributed by atoms with Gasteiger partial charge in [-0.15, -0.1) is 10.1 Å². The molecule has 0 aromatic carbocycles. The number of amides is 1. The Kier molecular flexibility index (Phi) is 4.97. The lowest BCUT2D eigenvalue weighted by molar-refractivity contribution is -0.757. The number of nitrogens with zero attached hydrogens (tertiary/aromatic N) is 3. The molecule has 0 atom stereocenters. The molecule has 7 heteroatoms. The predicted molar refractivity (Wildman–Crippen MR) is 56.3 cm³/mol. The molecule has 1 heterocycles. The average Bonchev–Trinajstić information content (AvgIpc) is 2.28. The summed E-state index contributed by atoms with van der Waals surface area (Å²) in [5.41, 5.74) is 0. The van der Waals surface area contributed by atoms with E-state index < -0.39 is 5.09 Å². The highest BCUT2D eigenvalue weighted by molar-refractivity contribution is 5.75. The fourth-order valence-corrected chi connectivity index (χ4v) is 1.69. The van der Waals surface area contributed by atoms with Gasteiger partial charge in [0.1, 0.15) is 6.61 Å². The summed E-state index contributed by atoms with van der Waals surface area (Å²) in [5.74, 6) is 0.168.